The van der Waals surface area contributed by atoms with Crippen molar-refractivity contribution in [1.29, 1.82) is 0 Å². The summed E-state index contributed by atoms with van der Waals surface area (Å²) >= 11 is 0. The Morgan fingerprint density at radius 3 is 1.13 bits per heavy atom. The highest BCUT2D eigenvalue weighted by molar-refractivity contribution is 6.40. The van der Waals surface area contributed by atoms with Crippen LogP contribution in [0.4, 0.5) is 0 Å². The number of hydrogen-bond donors (Lipinski definition) is 1. The van der Waals surface area contributed by atoms with Crippen LogP contribution in [0.1, 0.15) is 19.8 Å². The maximum atomic E-state index is 6.39. The second-order valence-corrected chi connectivity index (χ2v) is 9.28. The molecule has 0 heterocycles. The standard InChI is InChI=1S/C30H21BO3.C4H11N/c1-4-16-25-22(10-1)13-7-19-28(25)32-31(33-29-20-8-14-23-11-2-5-17-26(23)29)34-30-21-9-15-24-12-3-6-18-27(24)30;1-2-3-4-5/h1-21H;2-5H2,1H3/p+1. The van der Waals surface area contributed by atoms with Crippen molar-refractivity contribution in [3.05, 3.63) is 127 Å². The fourth-order valence-electron chi connectivity index (χ4n) is 4.53. The van der Waals surface area contributed by atoms with Gasteiger partial charge >= 0.3 is 7.32 Å². The minimum absolute atomic E-state index is 0.698. The lowest BCUT2D eigenvalue weighted by Gasteiger charge is -2.19. The van der Waals surface area contributed by atoms with E-state index in [-0.39, 0.29) is 0 Å². The largest absolute Gasteiger partial charge is 0.864 e. The van der Waals surface area contributed by atoms with Crippen LogP contribution in [0, 0.1) is 0 Å². The van der Waals surface area contributed by atoms with Crippen LogP contribution >= 0.6 is 0 Å². The monoisotopic (exact) mass is 514 g/mol. The summed E-state index contributed by atoms with van der Waals surface area (Å²) in [5.74, 6) is 2.09. The maximum absolute atomic E-state index is 6.39. The Hall–Kier alpha value is -4.48. The van der Waals surface area contributed by atoms with Gasteiger partial charge in [-0.2, -0.15) is 0 Å². The second-order valence-electron chi connectivity index (χ2n) is 9.28. The van der Waals surface area contributed by atoms with Gasteiger partial charge in [-0.3, -0.25) is 0 Å². The first-order chi connectivity index (χ1) is 19.3. The van der Waals surface area contributed by atoms with Crippen LogP contribution in [-0.2, 0) is 0 Å². The van der Waals surface area contributed by atoms with Crippen molar-refractivity contribution in [1.82, 2.24) is 0 Å². The van der Waals surface area contributed by atoms with E-state index in [2.05, 4.69) is 49.1 Å². The van der Waals surface area contributed by atoms with Crippen LogP contribution < -0.4 is 19.7 Å². The lowest BCUT2D eigenvalue weighted by molar-refractivity contribution is -0.368. The van der Waals surface area contributed by atoms with Gasteiger partial charge in [0.25, 0.3) is 0 Å². The molecule has 4 nitrogen and oxygen atoms in total. The normalized spacial score (nSPS) is 10.6. The van der Waals surface area contributed by atoms with E-state index in [1.54, 1.807) is 0 Å². The fraction of sp³-hybridized carbons (Fsp3) is 0.118. The van der Waals surface area contributed by atoms with Crippen LogP contribution in [-0.4, -0.2) is 13.9 Å². The third-order valence-corrected chi connectivity index (χ3v) is 6.52. The van der Waals surface area contributed by atoms with Crippen molar-refractivity contribution in [3.63, 3.8) is 0 Å². The van der Waals surface area contributed by atoms with E-state index >= 15 is 0 Å². The molecule has 0 spiro atoms. The first-order valence-corrected chi connectivity index (χ1v) is 13.5. The molecule has 0 aliphatic heterocycles. The van der Waals surface area contributed by atoms with Crippen LogP contribution in [0.25, 0.3) is 32.3 Å². The van der Waals surface area contributed by atoms with Gasteiger partial charge < -0.3 is 19.7 Å². The quantitative estimate of drug-likeness (QED) is 0.212. The van der Waals surface area contributed by atoms with E-state index in [1.807, 2.05) is 91.0 Å². The van der Waals surface area contributed by atoms with Crippen LogP contribution in [0.3, 0.4) is 0 Å². The molecule has 0 radical (unpaired) electrons. The fourth-order valence-corrected chi connectivity index (χ4v) is 4.53. The minimum Gasteiger partial charge on any atom is -0.489 e. The number of unbranched alkanes of at least 4 members (excludes halogenated alkanes) is 1. The lowest BCUT2D eigenvalue weighted by Crippen LogP contribution is -2.49. The molecule has 5 heteroatoms. The van der Waals surface area contributed by atoms with Crippen molar-refractivity contribution in [2.45, 2.75) is 19.8 Å². The zero-order valence-corrected chi connectivity index (χ0v) is 22.3. The number of rotatable bonds is 8. The van der Waals surface area contributed by atoms with Gasteiger partial charge in [0, 0.05) is 16.2 Å². The maximum Gasteiger partial charge on any atom is 0.864 e. The number of benzene rings is 6. The molecule has 0 aliphatic rings. The molecule has 0 fully saturated rings. The first kappa shape index (κ1) is 26.1. The Morgan fingerprint density at radius 2 is 0.821 bits per heavy atom. The Bertz CT molecular complexity index is 1460. The predicted molar refractivity (Wildman–Crippen MR) is 162 cm³/mol. The van der Waals surface area contributed by atoms with E-state index in [1.165, 1.54) is 12.8 Å². The van der Waals surface area contributed by atoms with Crippen molar-refractivity contribution in [3.8, 4) is 17.2 Å². The molecule has 194 valence electrons. The highest BCUT2D eigenvalue weighted by Gasteiger charge is 2.32. The zero-order chi connectivity index (χ0) is 26.9. The van der Waals surface area contributed by atoms with Gasteiger partial charge in [0.15, 0.2) is 0 Å². The molecule has 0 atom stereocenters. The predicted octanol–water partition coefficient (Wildman–Crippen LogP) is 7.70. The molecule has 39 heavy (non-hydrogen) atoms. The van der Waals surface area contributed by atoms with Gasteiger partial charge in [-0.1, -0.05) is 123 Å². The minimum atomic E-state index is -0.998. The van der Waals surface area contributed by atoms with E-state index in [0.717, 1.165) is 38.9 Å². The molecule has 0 saturated carbocycles. The Morgan fingerprint density at radius 1 is 0.487 bits per heavy atom. The SMILES string of the molecule is CCCC[NH3+].c1ccc2c(OB(Oc3cccc4ccccc34)Oc3cccc4ccccc34)cccc2c1. The summed E-state index contributed by atoms with van der Waals surface area (Å²) in [7, 11) is -0.998. The van der Waals surface area contributed by atoms with E-state index in [0.29, 0.717) is 17.2 Å². The molecule has 0 unspecified atom stereocenters. The van der Waals surface area contributed by atoms with Gasteiger partial charge in [-0.15, -0.1) is 0 Å². The van der Waals surface area contributed by atoms with Crippen LogP contribution in [0.15, 0.2) is 127 Å². The van der Waals surface area contributed by atoms with Crippen molar-refractivity contribution in [2.24, 2.45) is 0 Å². The molecule has 6 rings (SSSR count). The van der Waals surface area contributed by atoms with Gasteiger partial charge in [0.2, 0.25) is 0 Å². The van der Waals surface area contributed by atoms with Crippen LogP contribution in [0.5, 0.6) is 17.2 Å². The Labute approximate surface area is 230 Å². The smallest absolute Gasteiger partial charge is 0.489 e. The molecular formula is C34H33BNO3+. The van der Waals surface area contributed by atoms with Gasteiger partial charge in [-0.05, 0) is 40.8 Å². The van der Waals surface area contributed by atoms with E-state index < -0.39 is 7.32 Å². The highest BCUT2D eigenvalue weighted by Crippen LogP contribution is 2.31. The summed E-state index contributed by atoms with van der Waals surface area (Å²) in [4.78, 5) is 0. The molecular weight excluding hydrogens is 481 g/mol. The van der Waals surface area contributed by atoms with Gasteiger partial charge in [0.05, 0.1) is 6.54 Å². The summed E-state index contributed by atoms with van der Waals surface area (Å²) in [5.41, 5.74) is 3.68. The molecule has 0 aliphatic carbocycles. The number of hydrogen-bond acceptors (Lipinski definition) is 3. The molecule has 6 aromatic rings. The number of fused-ring (bicyclic) bond motifs is 3. The Kier molecular flexibility index (Phi) is 8.62. The average molecular weight is 514 g/mol. The zero-order valence-electron chi connectivity index (χ0n) is 22.3. The molecule has 0 aromatic heterocycles. The first-order valence-electron chi connectivity index (χ1n) is 13.5. The molecule has 0 amide bonds. The van der Waals surface area contributed by atoms with Crippen molar-refractivity contribution in [2.75, 3.05) is 6.54 Å². The average Bonchev–Trinajstić information content (AvgIpc) is 2.98. The second kappa shape index (κ2) is 12.9. The third-order valence-electron chi connectivity index (χ3n) is 6.52. The molecule has 6 aromatic carbocycles. The topological polar surface area (TPSA) is 55.3 Å². The van der Waals surface area contributed by atoms with Gasteiger partial charge in [0.1, 0.15) is 17.2 Å². The van der Waals surface area contributed by atoms with Crippen molar-refractivity contribution < 1.29 is 19.7 Å². The molecule has 0 saturated heterocycles. The van der Waals surface area contributed by atoms with E-state index in [4.69, 9.17) is 14.0 Å². The summed E-state index contributed by atoms with van der Waals surface area (Å²) in [6, 6.07) is 42.3. The Balaban J connectivity index is 0.000000567. The summed E-state index contributed by atoms with van der Waals surface area (Å²) in [6.07, 6.45) is 2.56. The summed E-state index contributed by atoms with van der Waals surface area (Å²) in [5, 5.41) is 6.27. The molecule has 3 N–H and O–H groups in total. The summed E-state index contributed by atoms with van der Waals surface area (Å²) in [6.45, 7) is 3.27. The summed E-state index contributed by atoms with van der Waals surface area (Å²) < 4.78 is 19.2. The van der Waals surface area contributed by atoms with Gasteiger partial charge in [-0.25, -0.2) is 0 Å². The molecule has 0 bridgehead atoms. The third kappa shape index (κ3) is 6.33. The number of quaternary nitrogens is 1. The van der Waals surface area contributed by atoms with Crippen LogP contribution in [0.2, 0.25) is 0 Å². The van der Waals surface area contributed by atoms with E-state index in [9.17, 15) is 0 Å². The lowest BCUT2D eigenvalue weighted by atomic mass is 10.1. The van der Waals surface area contributed by atoms with Crippen molar-refractivity contribution >= 4 is 39.6 Å². The highest BCUT2D eigenvalue weighted by atomic mass is 16.7.